The van der Waals surface area contributed by atoms with Crippen LogP contribution in [-0.2, 0) is 5.41 Å². The molecule has 50 heavy (non-hydrogen) atoms. The van der Waals surface area contributed by atoms with Crippen LogP contribution in [0.15, 0.2) is 158 Å². The fraction of sp³-hybridized carbons (Fsp3) is 0.106. The Morgan fingerprint density at radius 3 is 2.00 bits per heavy atom. The Kier molecular flexibility index (Phi) is 6.03. The summed E-state index contributed by atoms with van der Waals surface area (Å²) >= 11 is 1.88. The van der Waals surface area contributed by atoms with Crippen LogP contribution in [0.2, 0.25) is 0 Å². The van der Waals surface area contributed by atoms with E-state index in [0.717, 1.165) is 5.69 Å². The summed E-state index contributed by atoms with van der Waals surface area (Å²) in [7, 11) is 0. The predicted molar refractivity (Wildman–Crippen MR) is 213 cm³/mol. The SMILES string of the molecule is c1ccc(-n2c3ccccc3c3ccc(N(c4ccc5c(c4)C4(CCCC4)c4ccccc4-5)c4ccc5sc6ccccc6c5c4)cc32)cc1. The van der Waals surface area contributed by atoms with Gasteiger partial charge in [0.25, 0.3) is 0 Å². The second-order valence-electron chi connectivity index (χ2n) is 14.1. The first-order valence-electron chi connectivity index (χ1n) is 17.8. The summed E-state index contributed by atoms with van der Waals surface area (Å²) in [6.07, 6.45) is 5.00. The van der Waals surface area contributed by atoms with Crippen molar-refractivity contribution in [3.63, 3.8) is 0 Å². The topological polar surface area (TPSA) is 8.17 Å². The summed E-state index contributed by atoms with van der Waals surface area (Å²) in [5, 5.41) is 5.17. The normalized spacial score (nSPS) is 14.6. The molecule has 0 radical (unpaired) electrons. The number of benzene rings is 7. The maximum Gasteiger partial charge on any atom is 0.0561 e. The molecule has 0 aliphatic heterocycles. The Bertz CT molecular complexity index is 2780. The summed E-state index contributed by atoms with van der Waals surface area (Å²) in [6, 6.07) is 59.0. The van der Waals surface area contributed by atoms with Crippen molar-refractivity contribution in [3.05, 3.63) is 169 Å². The van der Waals surface area contributed by atoms with Crippen LogP contribution in [0.4, 0.5) is 17.1 Å². The van der Waals surface area contributed by atoms with Gasteiger partial charge in [0.2, 0.25) is 0 Å². The third-order valence-corrected chi connectivity index (χ3v) is 12.7. The molecule has 0 saturated heterocycles. The highest BCUT2D eigenvalue weighted by Gasteiger charge is 2.45. The predicted octanol–water partition coefficient (Wildman–Crippen LogP) is 13.5. The molecule has 11 rings (SSSR count). The van der Waals surface area contributed by atoms with Gasteiger partial charge in [0, 0.05) is 59.1 Å². The molecule has 2 aromatic heterocycles. The van der Waals surface area contributed by atoms with E-state index in [1.807, 2.05) is 11.3 Å². The third kappa shape index (κ3) is 3.95. The number of thiophene rings is 1. The summed E-state index contributed by atoms with van der Waals surface area (Å²) in [5.74, 6) is 0. The third-order valence-electron chi connectivity index (χ3n) is 11.5. The summed E-state index contributed by atoms with van der Waals surface area (Å²) in [4.78, 5) is 2.50. The van der Waals surface area contributed by atoms with Crippen molar-refractivity contribution in [2.75, 3.05) is 4.90 Å². The van der Waals surface area contributed by atoms with E-state index in [-0.39, 0.29) is 5.41 Å². The molecule has 2 aliphatic carbocycles. The van der Waals surface area contributed by atoms with E-state index in [4.69, 9.17) is 0 Å². The Morgan fingerprint density at radius 2 is 1.10 bits per heavy atom. The summed E-state index contributed by atoms with van der Waals surface area (Å²) in [6.45, 7) is 0. The van der Waals surface area contributed by atoms with Crippen LogP contribution >= 0.6 is 11.3 Å². The zero-order valence-electron chi connectivity index (χ0n) is 27.6. The fourth-order valence-corrected chi connectivity index (χ4v) is 10.4. The van der Waals surface area contributed by atoms with Crippen LogP contribution in [0, 0.1) is 0 Å². The molecule has 0 bridgehead atoms. The zero-order chi connectivity index (χ0) is 32.8. The standard InChI is InChI=1S/C47H34N2S/c1-2-12-31(13-3-1)49-43-18-8-5-15-37(43)38-24-21-34(30-44(38)49)48(32-22-25-46-40(28-32)39-16-6-9-19-45(39)50-46)33-20-23-36-35-14-4-7-17-41(35)47(42(36)29-33)26-10-11-27-47/h1-9,12-25,28-30H,10-11,26-27H2. The van der Waals surface area contributed by atoms with Gasteiger partial charge >= 0.3 is 0 Å². The average molecular weight is 659 g/mol. The van der Waals surface area contributed by atoms with Crippen molar-refractivity contribution >= 4 is 70.4 Å². The molecular formula is C47H34N2S. The molecule has 9 aromatic rings. The van der Waals surface area contributed by atoms with Crippen molar-refractivity contribution in [1.29, 1.82) is 0 Å². The maximum atomic E-state index is 2.54. The van der Waals surface area contributed by atoms with E-state index in [1.54, 1.807) is 0 Å². The molecule has 1 fully saturated rings. The lowest BCUT2D eigenvalue weighted by Gasteiger charge is -2.30. The minimum absolute atomic E-state index is 0.102. The lowest BCUT2D eigenvalue weighted by atomic mass is 9.76. The molecule has 0 amide bonds. The minimum Gasteiger partial charge on any atom is -0.310 e. The second kappa shape index (κ2) is 10.7. The Hall–Kier alpha value is -5.64. The molecule has 2 nitrogen and oxygen atoms in total. The highest BCUT2D eigenvalue weighted by atomic mass is 32.1. The molecule has 1 spiro atoms. The number of rotatable bonds is 4. The van der Waals surface area contributed by atoms with Crippen LogP contribution in [0.25, 0.3) is 58.8 Å². The fourth-order valence-electron chi connectivity index (χ4n) is 9.35. The smallest absolute Gasteiger partial charge is 0.0561 e. The molecule has 2 heterocycles. The van der Waals surface area contributed by atoms with Gasteiger partial charge in [-0.2, -0.15) is 0 Å². The second-order valence-corrected chi connectivity index (χ2v) is 15.2. The molecule has 7 aromatic carbocycles. The lowest BCUT2D eigenvalue weighted by Crippen LogP contribution is -2.21. The molecule has 238 valence electrons. The molecule has 0 unspecified atom stereocenters. The molecule has 3 heteroatoms. The quantitative estimate of drug-likeness (QED) is 0.183. The van der Waals surface area contributed by atoms with Crippen LogP contribution in [0.3, 0.4) is 0 Å². The zero-order valence-corrected chi connectivity index (χ0v) is 28.5. The van der Waals surface area contributed by atoms with Gasteiger partial charge in [-0.1, -0.05) is 104 Å². The van der Waals surface area contributed by atoms with Gasteiger partial charge in [-0.05, 0) is 102 Å². The molecular weight excluding hydrogens is 625 g/mol. The Balaban J connectivity index is 1.18. The van der Waals surface area contributed by atoms with E-state index < -0.39 is 0 Å². The van der Waals surface area contributed by atoms with Crippen molar-refractivity contribution in [2.24, 2.45) is 0 Å². The van der Waals surface area contributed by atoms with Gasteiger partial charge < -0.3 is 9.47 Å². The number of fused-ring (bicyclic) bond motifs is 11. The van der Waals surface area contributed by atoms with Gasteiger partial charge in [0.05, 0.1) is 11.0 Å². The minimum atomic E-state index is 0.102. The van der Waals surface area contributed by atoms with Crippen LogP contribution in [0.5, 0.6) is 0 Å². The first-order chi connectivity index (χ1) is 24.8. The van der Waals surface area contributed by atoms with E-state index in [0.29, 0.717) is 0 Å². The van der Waals surface area contributed by atoms with Gasteiger partial charge in [-0.25, -0.2) is 0 Å². The average Bonchev–Trinajstić information content (AvgIpc) is 3.95. The van der Waals surface area contributed by atoms with E-state index in [9.17, 15) is 0 Å². The largest absolute Gasteiger partial charge is 0.310 e. The first-order valence-corrected chi connectivity index (χ1v) is 18.6. The van der Waals surface area contributed by atoms with Crippen molar-refractivity contribution in [1.82, 2.24) is 4.57 Å². The summed E-state index contributed by atoms with van der Waals surface area (Å²) < 4.78 is 5.08. The van der Waals surface area contributed by atoms with Crippen molar-refractivity contribution in [2.45, 2.75) is 31.1 Å². The summed E-state index contributed by atoms with van der Waals surface area (Å²) in [5.41, 5.74) is 13.1. The number of aromatic nitrogens is 1. The van der Waals surface area contributed by atoms with Crippen molar-refractivity contribution < 1.29 is 0 Å². The van der Waals surface area contributed by atoms with Gasteiger partial charge in [-0.15, -0.1) is 11.3 Å². The molecule has 1 saturated carbocycles. The first kappa shape index (κ1) is 28.2. The monoisotopic (exact) mass is 658 g/mol. The van der Waals surface area contributed by atoms with Crippen molar-refractivity contribution in [3.8, 4) is 16.8 Å². The highest BCUT2D eigenvalue weighted by molar-refractivity contribution is 7.25. The van der Waals surface area contributed by atoms with Crippen LogP contribution in [0.1, 0.15) is 36.8 Å². The van der Waals surface area contributed by atoms with Crippen LogP contribution < -0.4 is 4.90 Å². The number of para-hydroxylation sites is 2. The van der Waals surface area contributed by atoms with Gasteiger partial charge in [0.1, 0.15) is 0 Å². The Labute approximate surface area is 295 Å². The molecule has 2 aliphatic rings. The van der Waals surface area contributed by atoms with E-state index in [2.05, 4.69) is 167 Å². The maximum absolute atomic E-state index is 2.54. The van der Waals surface area contributed by atoms with E-state index in [1.165, 1.54) is 107 Å². The molecule has 0 N–H and O–H groups in total. The highest BCUT2D eigenvalue weighted by Crippen LogP contribution is 2.58. The Morgan fingerprint density at radius 1 is 0.460 bits per heavy atom. The lowest BCUT2D eigenvalue weighted by molar-refractivity contribution is 0.550. The number of hydrogen-bond donors (Lipinski definition) is 0. The number of hydrogen-bond acceptors (Lipinski definition) is 2. The van der Waals surface area contributed by atoms with Gasteiger partial charge in [-0.3, -0.25) is 0 Å². The van der Waals surface area contributed by atoms with E-state index >= 15 is 0 Å². The molecule has 0 atom stereocenters. The number of nitrogens with zero attached hydrogens (tertiary/aromatic N) is 2. The number of anilines is 3. The van der Waals surface area contributed by atoms with Gasteiger partial charge in [0.15, 0.2) is 0 Å². The van der Waals surface area contributed by atoms with Crippen LogP contribution in [-0.4, -0.2) is 4.57 Å².